The van der Waals surface area contributed by atoms with Crippen LogP contribution in [-0.2, 0) is 36.5 Å². The van der Waals surface area contributed by atoms with Crippen LogP contribution in [0.2, 0.25) is 6.04 Å². The molecule has 0 spiro atoms. The molecular weight excluding hydrogens is 364 g/mol. The van der Waals surface area contributed by atoms with Crippen molar-refractivity contribution in [2.75, 3.05) is 27.1 Å². The van der Waals surface area contributed by atoms with E-state index in [-0.39, 0.29) is 5.75 Å². The van der Waals surface area contributed by atoms with E-state index in [9.17, 15) is 13.0 Å². The van der Waals surface area contributed by atoms with E-state index in [1.807, 2.05) is 24.0 Å². The average Bonchev–Trinajstić information content (AvgIpc) is 2.92. The normalized spacial score (nSPS) is 12.7. The molecule has 1 aromatic rings. The van der Waals surface area contributed by atoms with Crippen molar-refractivity contribution >= 4 is 18.9 Å². The molecule has 146 valence electrons. The standard InChI is InChI=1S/C15H30N2O6SSi/c1-15-13-16(9-5-7-11-24(18,19)20)14-17(15)10-6-8-12-25(21-2,22-3)23-4/h13-14H,5-12H2,1-4H3. The molecule has 0 atom stereocenters. The maximum absolute atomic E-state index is 10.6. The predicted octanol–water partition coefficient (Wildman–Crippen LogP) is 1.07. The lowest BCUT2D eigenvalue weighted by atomic mass is 10.3. The molecule has 0 aliphatic heterocycles. The zero-order chi connectivity index (χ0) is 18.9. The molecule has 0 fully saturated rings. The van der Waals surface area contributed by atoms with Gasteiger partial charge in [0, 0.05) is 40.1 Å². The molecule has 0 amide bonds. The second kappa shape index (κ2) is 10.4. The van der Waals surface area contributed by atoms with Crippen LogP contribution < -0.4 is 4.57 Å². The van der Waals surface area contributed by atoms with Crippen molar-refractivity contribution < 1.29 is 30.8 Å². The van der Waals surface area contributed by atoms with Crippen LogP contribution in [0.15, 0.2) is 12.5 Å². The molecule has 8 nitrogen and oxygen atoms in total. The van der Waals surface area contributed by atoms with Gasteiger partial charge < -0.3 is 17.8 Å². The van der Waals surface area contributed by atoms with E-state index in [2.05, 4.69) is 4.57 Å². The third-order valence-corrected chi connectivity index (χ3v) is 7.84. The summed E-state index contributed by atoms with van der Waals surface area (Å²) in [6.07, 6.45) is 7.04. The number of imidazole rings is 1. The summed E-state index contributed by atoms with van der Waals surface area (Å²) in [7, 11) is -1.73. The molecule has 0 saturated carbocycles. The summed E-state index contributed by atoms with van der Waals surface area (Å²) in [4.78, 5) is 0. The van der Waals surface area contributed by atoms with Gasteiger partial charge in [0.1, 0.15) is 11.9 Å². The molecule has 0 N–H and O–H groups in total. The van der Waals surface area contributed by atoms with Gasteiger partial charge in [-0.3, -0.25) is 0 Å². The second-order valence-electron chi connectivity index (χ2n) is 6.04. The SMILES string of the molecule is CO[Si](CCCCn1c[n+](CCCCS(=O)(=O)[O-])cc1C)(OC)OC. The molecule has 0 saturated heterocycles. The van der Waals surface area contributed by atoms with Gasteiger partial charge in [0.25, 0.3) is 0 Å². The van der Waals surface area contributed by atoms with Gasteiger partial charge in [0.2, 0.25) is 6.33 Å². The highest BCUT2D eigenvalue weighted by molar-refractivity contribution is 7.85. The summed E-state index contributed by atoms with van der Waals surface area (Å²) >= 11 is 0. The number of nitrogens with zero attached hydrogens (tertiary/aromatic N) is 2. The van der Waals surface area contributed by atoms with E-state index >= 15 is 0 Å². The molecule has 0 aromatic carbocycles. The van der Waals surface area contributed by atoms with Gasteiger partial charge in [-0.15, -0.1) is 0 Å². The zero-order valence-electron chi connectivity index (χ0n) is 15.6. The lowest BCUT2D eigenvalue weighted by molar-refractivity contribution is -0.697. The smallest absolute Gasteiger partial charge is 0.500 e. The first-order valence-electron chi connectivity index (χ1n) is 8.40. The Bertz CT molecular complexity index is 607. The van der Waals surface area contributed by atoms with Crippen molar-refractivity contribution in [2.45, 2.75) is 51.7 Å². The Kier molecular flexibility index (Phi) is 9.25. The van der Waals surface area contributed by atoms with Gasteiger partial charge in [-0.05, 0) is 25.7 Å². The molecule has 10 heteroatoms. The van der Waals surface area contributed by atoms with Crippen molar-refractivity contribution in [1.29, 1.82) is 0 Å². The van der Waals surface area contributed by atoms with Gasteiger partial charge >= 0.3 is 8.80 Å². The molecule has 0 unspecified atom stereocenters. The van der Waals surface area contributed by atoms with E-state index in [4.69, 9.17) is 13.3 Å². The first kappa shape index (κ1) is 22.3. The largest absolute Gasteiger partial charge is 0.748 e. The van der Waals surface area contributed by atoms with Gasteiger partial charge in [0.05, 0.1) is 23.2 Å². The molecule has 25 heavy (non-hydrogen) atoms. The summed E-state index contributed by atoms with van der Waals surface area (Å²) in [5, 5.41) is 0. The minimum atomic E-state index is -4.11. The number of rotatable bonds is 13. The van der Waals surface area contributed by atoms with Gasteiger partial charge in [0.15, 0.2) is 0 Å². The van der Waals surface area contributed by atoms with Crippen LogP contribution >= 0.6 is 0 Å². The van der Waals surface area contributed by atoms with Crippen molar-refractivity contribution in [2.24, 2.45) is 0 Å². The van der Waals surface area contributed by atoms with Gasteiger partial charge in [-0.2, -0.15) is 0 Å². The maximum Gasteiger partial charge on any atom is 0.500 e. The summed E-state index contributed by atoms with van der Waals surface area (Å²) in [6.45, 7) is 3.63. The molecular formula is C15H30N2O6SSi. The third kappa shape index (κ3) is 7.97. The van der Waals surface area contributed by atoms with Crippen molar-refractivity contribution in [3.05, 3.63) is 18.2 Å². The number of hydrogen-bond donors (Lipinski definition) is 0. The van der Waals surface area contributed by atoms with E-state index in [0.717, 1.165) is 31.1 Å². The molecule has 1 aromatic heterocycles. The highest BCUT2D eigenvalue weighted by Gasteiger charge is 2.36. The molecule has 0 aliphatic carbocycles. The minimum Gasteiger partial charge on any atom is -0.748 e. The lowest BCUT2D eigenvalue weighted by Crippen LogP contribution is -2.42. The topological polar surface area (TPSA) is 93.7 Å². The van der Waals surface area contributed by atoms with Crippen molar-refractivity contribution in [3.8, 4) is 0 Å². The number of hydrogen-bond acceptors (Lipinski definition) is 6. The first-order chi connectivity index (χ1) is 11.7. The highest BCUT2D eigenvalue weighted by Crippen LogP contribution is 2.16. The van der Waals surface area contributed by atoms with Crippen molar-refractivity contribution in [3.63, 3.8) is 0 Å². The van der Waals surface area contributed by atoms with Gasteiger partial charge in [-0.1, -0.05) is 0 Å². The first-order valence-corrected chi connectivity index (χ1v) is 11.9. The summed E-state index contributed by atoms with van der Waals surface area (Å²) in [6, 6.07) is 0.778. The van der Waals surface area contributed by atoms with E-state index in [1.165, 1.54) is 0 Å². The molecule has 0 bridgehead atoms. The van der Waals surface area contributed by atoms with E-state index in [1.54, 1.807) is 21.3 Å². The fourth-order valence-corrected chi connectivity index (χ4v) is 5.08. The second-order valence-corrected chi connectivity index (χ2v) is 10.7. The quantitative estimate of drug-likeness (QED) is 0.215. The molecule has 1 rings (SSSR count). The maximum atomic E-state index is 10.6. The van der Waals surface area contributed by atoms with Crippen LogP contribution in [-0.4, -0.2) is 53.4 Å². The van der Waals surface area contributed by atoms with Crippen LogP contribution in [0.1, 0.15) is 31.4 Å². The monoisotopic (exact) mass is 394 g/mol. The Morgan fingerprint density at radius 3 is 2.32 bits per heavy atom. The zero-order valence-corrected chi connectivity index (χ0v) is 17.4. The Morgan fingerprint density at radius 1 is 1.12 bits per heavy atom. The van der Waals surface area contributed by atoms with E-state index < -0.39 is 18.9 Å². The van der Waals surface area contributed by atoms with Crippen LogP contribution in [0.4, 0.5) is 0 Å². The van der Waals surface area contributed by atoms with Crippen LogP contribution in [0.25, 0.3) is 0 Å². The molecule has 0 radical (unpaired) electrons. The fourth-order valence-electron chi connectivity index (χ4n) is 2.73. The van der Waals surface area contributed by atoms with Crippen LogP contribution in [0.5, 0.6) is 0 Å². The predicted molar refractivity (Wildman–Crippen MR) is 94.0 cm³/mol. The van der Waals surface area contributed by atoms with Crippen molar-refractivity contribution in [1.82, 2.24) is 4.57 Å². The Hall–Kier alpha value is -0.783. The fraction of sp³-hybridized carbons (Fsp3) is 0.800. The van der Waals surface area contributed by atoms with E-state index in [0.29, 0.717) is 19.4 Å². The molecule has 1 heterocycles. The Morgan fingerprint density at radius 2 is 1.76 bits per heavy atom. The summed E-state index contributed by atoms with van der Waals surface area (Å²) in [5.74, 6) is -0.294. The highest BCUT2D eigenvalue weighted by atomic mass is 32.2. The number of aryl methyl sites for hydroxylation is 3. The van der Waals surface area contributed by atoms with Gasteiger partial charge in [-0.25, -0.2) is 17.6 Å². The third-order valence-electron chi connectivity index (χ3n) is 4.22. The Balaban J connectivity index is 2.39. The average molecular weight is 395 g/mol. The Labute approximate surface area is 151 Å². The number of aromatic nitrogens is 2. The minimum absolute atomic E-state index is 0.294. The molecule has 0 aliphatic rings. The number of unbranched alkanes of at least 4 members (excludes halogenated alkanes) is 2. The lowest BCUT2D eigenvalue weighted by Gasteiger charge is -2.24. The summed E-state index contributed by atoms with van der Waals surface area (Å²) in [5.41, 5.74) is 1.14. The van der Waals surface area contributed by atoms with Crippen LogP contribution in [0, 0.1) is 6.92 Å². The van der Waals surface area contributed by atoms with Crippen LogP contribution in [0.3, 0.4) is 0 Å². The summed E-state index contributed by atoms with van der Waals surface area (Å²) < 4.78 is 52.2.